The molecule has 3 rings (SSSR count). The van der Waals surface area contributed by atoms with E-state index in [4.69, 9.17) is 21.1 Å². The molecule has 1 aromatic heterocycles. The molecule has 0 fully saturated rings. The Kier molecular flexibility index (Phi) is 7.57. The number of aromatic nitrogens is 2. The molecule has 0 bridgehead atoms. The Labute approximate surface area is 181 Å². The van der Waals surface area contributed by atoms with Crippen LogP contribution in [0.3, 0.4) is 0 Å². The fraction of sp³-hybridized carbons (Fsp3) is 0.273. The molecule has 1 N–H and O–H groups in total. The Hall–Kier alpha value is -3.19. The highest BCUT2D eigenvalue weighted by Crippen LogP contribution is 2.26. The number of anilines is 1. The number of hydrogen-bond acceptors (Lipinski definition) is 4. The van der Waals surface area contributed by atoms with Gasteiger partial charge in [-0.2, -0.15) is 0 Å². The molecule has 8 heteroatoms. The number of halogens is 1. The largest absolute Gasteiger partial charge is 0.497 e. The summed E-state index contributed by atoms with van der Waals surface area (Å²) in [5, 5.41) is 3.49. The normalized spacial score (nSPS) is 10.5. The maximum absolute atomic E-state index is 13.0. The first-order chi connectivity index (χ1) is 14.6. The number of ether oxygens (including phenoxy) is 2. The molecule has 0 aliphatic rings. The molecule has 0 atom stereocenters. The number of carbonyl (C=O) groups excluding carboxylic acids is 1. The molecule has 0 aliphatic carbocycles. The van der Waals surface area contributed by atoms with Gasteiger partial charge in [-0.05, 0) is 36.8 Å². The standard InChI is InChI=1S/C22H25ClN4O3/c1-29-20-8-7-17(21(14-20)30-2)15-27(11-4-10-26-12-9-24-16-26)22(28)25-19-6-3-5-18(23)13-19/h3,5-9,12-14,16H,4,10-11,15H2,1-2H3,(H,25,28). The maximum Gasteiger partial charge on any atom is 0.322 e. The molecule has 0 unspecified atom stereocenters. The lowest BCUT2D eigenvalue weighted by Crippen LogP contribution is -2.35. The summed E-state index contributed by atoms with van der Waals surface area (Å²) in [5.41, 5.74) is 1.54. The predicted molar refractivity (Wildman–Crippen MR) is 117 cm³/mol. The topological polar surface area (TPSA) is 68.6 Å². The zero-order chi connectivity index (χ0) is 21.3. The molecule has 0 aliphatic heterocycles. The lowest BCUT2D eigenvalue weighted by Gasteiger charge is -2.24. The summed E-state index contributed by atoms with van der Waals surface area (Å²) in [7, 11) is 3.21. The molecule has 0 saturated carbocycles. The molecule has 0 spiro atoms. The van der Waals surface area contributed by atoms with Gasteiger partial charge in [0.2, 0.25) is 0 Å². The second-order valence-electron chi connectivity index (χ2n) is 6.69. The van der Waals surface area contributed by atoms with Crippen LogP contribution in [0, 0.1) is 0 Å². The zero-order valence-corrected chi connectivity index (χ0v) is 17.8. The van der Waals surface area contributed by atoms with E-state index in [1.807, 2.05) is 29.0 Å². The zero-order valence-electron chi connectivity index (χ0n) is 17.0. The Balaban J connectivity index is 1.74. The van der Waals surface area contributed by atoms with Gasteiger partial charge in [-0.15, -0.1) is 0 Å². The third-order valence-corrected chi connectivity index (χ3v) is 4.86. The number of amides is 2. The number of hydrogen-bond donors (Lipinski definition) is 1. The van der Waals surface area contributed by atoms with Crippen molar-refractivity contribution in [3.05, 3.63) is 71.8 Å². The molecule has 1 heterocycles. The first-order valence-corrected chi connectivity index (χ1v) is 9.95. The average molecular weight is 429 g/mol. The van der Waals surface area contributed by atoms with Crippen LogP contribution >= 0.6 is 11.6 Å². The number of carbonyl (C=O) groups is 1. The van der Waals surface area contributed by atoms with E-state index < -0.39 is 0 Å². The van der Waals surface area contributed by atoms with Crippen molar-refractivity contribution in [3.8, 4) is 11.5 Å². The highest BCUT2D eigenvalue weighted by atomic mass is 35.5. The Bertz CT molecular complexity index is 963. The first-order valence-electron chi connectivity index (χ1n) is 9.57. The minimum absolute atomic E-state index is 0.208. The molecule has 7 nitrogen and oxygen atoms in total. The third-order valence-electron chi connectivity index (χ3n) is 4.62. The van der Waals surface area contributed by atoms with Crippen LogP contribution in [0.4, 0.5) is 10.5 Å². The van der Waals surface area contributed by atoms with Crippen molar-refractivity contribution in [2.45, 2.75) is 19.5 Å². The van der Waals surface area contributed by atoms with Crippen LogP contribution in [0.15, 0.2) is 61.2 Å². The van der Waals surface area contributed by atoms with Crippen molar-refractivity contribution >= 4 is 23.3 Å². The van der Waals surface area contributed by atoms with Gasteiger partial charge in [0, 0.05) is 47.8 Å². The van der Waals surface area contributed by atoms with Gasteiger partial charge in [0.1, 0.15) is 11.5 Å². The molecular weight excluding hydrogens is 404 g/mol. The SMILES string of the molecule is COc1ccc(CN(CCCn2ccnc2)C(=O)Nc2cccc(Cl)c2)c(OC)c1. The molecular formula is C22H25ClN4O3. The molecule has 2 amide bonds. The second kappa shape index (κ2) is 10.5. The number of nitrogens with zero attached hydrogens (tertiary/aromatic N) is 3. The summed E-state index contributed by atoms with van der Waals surface area (Å²) in [6, 6.07) is 12.5. The Morgan fingerprint density at radius 3 is 2.77 bits per heavy atom. The van der Waals surface area contributed by atoms with Crippen LogP contribution in [0.25, 0.3) is 0 Å². The summed E-state index contributed by atoms with van der Waals surface area (Å²) in [5.74, 6) is 1.37. The van der Waals surface area contributed by atoms with E-state index in [0.29, 0.717) is 35.3 Å². The van der Waals surface area contributed by atoms with Crippen molar-refractivity contribution in [1.29, 1.82) is 0 Å². The van der Waals surface area contributed by atoms with E-state index in [1.54, 1.807) is 55.9 Å². The van der Waals surface area contributed by atoms with Crippen LogP contribution in [0.1, 0.15) is 12.0 Å². The molecule has 158 valence electrons. The van der Waals surface area contributed by atoms with Gasteiger partial charge in [-0.1, -0.05) is 17.7 Å². The van der Waals surface area contributed by atoms with Gasteiger partial charge in [0.15, 0.2) is 0 Å². The second-order valence-corrected chi connectivity index (χ2v) is 7.13. The number of aryl methyl sites for hydroxylation is 1. The predicted octanol–water partition coefficient (Wildman–Crippen LogP) is 4.68. The summed E-state index contributed by atoms with van der Waals surface area (Å²) in [6.07, 6.45) is 6.19. The molecule has 2 aromatic carbocycles. The summed E-state index contributed by atoms with van der Waals surface area (Å²) in [6.45, 7) is 1.71. The van der Waals surface area contributed by atoms with Gasteiger partial charge in [-0.3, -0.25) is 0 Å². The fourth-order valence-corrected chi connectivity index (χ4v) is 3.26. The third kappa shape index (κ3) is 5.90. The molecule has 0 saturated heterocycles. The van der Waals surface area contributed by atoms with Crippen LogP contribution in [0.2, 0.25) is 5.02 Å². The number of benzene rings is 2. The van der Waals surface area contributed by atoms with Gasteiger partial charge in [0.05, 0.1) is 27.1 Å². The molecule has 3 aromatic rings. The van der Waals surface area contributed by atoms with E-state index in [0.717, 1.165) is 18.5 Å². The monoisotopic (exact) mass is 428 g/mol. The van der Waals surface area contributed by atoms with E-state index in [-0.39, 0.29) is 6.03 Å². The van der Waals surface area contributed by atoms with Gasteiger partial charge < -0.3 is 24.3 Å². The highest BCUT2D eigenvalue weighted by Gasteiger charge is 2.17. The van der Waals surface area contributed by atoms with Crippen molar-refractivity contribution in [2.75, 3.05) is 26.1 Å². The van der Waals surface area contributed by atoms with Crippen LogP contribution in [-0.4, -0.2) is 41.2 Å². The Morgan fingerprint density at radius 1 is 1.20 bits per heavy atom. The van der Waals surface area contributed by atoms with E-state index in [1.165, 1.54) is 0 Å². The minimum Gasteiger partial charge on any atom is -0.497 e. The van der Waals surface area contributed by atoms with E-state index >= 15 is 0 Å². The minimum atomic E-state index is -0.208. The van der Waals surface area contributed by atoms with Crippen molar-refractivity contribution in [1.82, 2.24) is 14.5 Å². The molecule has 0 radical (unpaired) electrons. The number of imidazole rings is 1. The summed E-state index contributed by atoms with van der Waals surface area (Å²) in [4.78, 5) is 18.8. The Morgan fingerprint density at radius 2 is 2.07 bits per heavy atom. The number of rotatable bonds is 9. The van der Waals surface area contributed by atoms with Crippen molar-refractivity contribution < 1.29 is 14.3 Å². The quantitative estimate of drug-likeness (QED) is 0.537. The maximum atomic E-state index is 13.0. The first kappa shape index (κ1) is 21.5. The van der Waals surface area contributed by atoms with Crippen LogP contribution in [-0.2, 0) is 13.1 Å². The smallest absolute Gasteiger partial charge is 0.322 e. The van der Waals surface area contributed by atoms with Crippen LogP contribution < -0.4 is 14.8 Å². The van der Waals surface area contributed by atoms with Gasteiger partial charge in [-0.25, -0.2) is 9.78 Å². The lowest BCUT2D eigenvalue weighted by atomic mass is 10.1. The van der Waals surface area contributed by atoms with E-state index in [9.17, 15) is 4.79 Å². The fourth-order valence-electron chi connectivity index (χ4n) is 3.07. The van der Waals surface area contributed by atoms with Crippen molar-refractivity contribution in [3.63, 3.8) is 0 Å². The average Bonchev–Trinajstić information content (AvgIpc) is 3.26. The van der Waals surface area contributed by atoms with Gasteiger partial charge in [0.25, 0.3) is 0 Å². The number of nitrogens with one attached hydrogen (secondary N) is 1. The highest BCUT2D eigenvalue weighted by molar-refractivity contribution is 6.30. The number of urea groups is 1. The summed E-state index contributed by atoms with van der Waals surface area (Å²) < 4.78 is 12.8. The lowest BCUT2D eigenvalue weighted by molar-refractivity contribution is 0.206. The number of methoxy groups -OCH3 is 2. The van der Waals surface area contributed by atoms with Crippen molar-refractivity contribution in [2.24, 2.45) is 0 Å². The van der Waals surface area contributed by atoms with E-state index in [2.05, 4.69) is 10.3 Å². The summed E-state index contributed by atoms with van der Waals surface area (Å²) >= 11 is 6.04. The molecule has 30 heavy (non-hydrogen) atoms. The van der Waals surface area contributed by atoms with Crippen LogP contribution in [0.5, 0.6) is 11.5 Å². The van der Waals surface area contributed by atoms with Gasteiger partial charge >= 0.3 is 6.03 Å².